The van der Waals surface area contributed by atoms with Crippen LogP contribution in [0.3, 0.4) is 0 Å². The lowest BCUT2D eigenvalue weighted by molar-refractivity contribution is 0.505. The number of nitrogens with zero attached hydrogens (tertiary/aromatic N) is 1. The van der Waals surface area contributed by atoms with Crippen LogP contribution >= 0.6 is 11.6 Å². The molecule has 0 aliphatic rings. The van der Waals surface area contributed by atoms with E-state index in [0.717, 1.165) is 18.7 Å². The predicted molar refractivity (Wildman–Crippen MR) is 124 cm³/mol. The van der Waals surface area contributed by atoms with Crippen LogP contribution in [0.5, 0.6) is 0 Å². The van der Waals surface area contributed by atoms with Crippen molar-refractivity contribution in [2.75, 3.05) is 27.0 Å². The van der Waals surface area contributed by atoms with Crippen molar-refractivity contribution in [2.24, 2.45) is 0 Å². The maximum Gasteiger partial charge on any atom is 0.0226 e. The van der Waals surface area contributed by atoms with Gasteiger partial charge in [0.25, 0.3) is 0 Å². The van der Waals surface area contributed by atoms with E-state index in [4.69, 9.17) is 11.6 Å². The van der Waals surface area contributed by atoms with E-state index in [-0.39, 0.29) is 0 Å². The highest BCUT2D eigenvalue weighted by atomic mass is 35.5. The largest absolute Gasteiger partial charge is 0.312 e. The summed E-state index contributed by atoms with van der Waals surface area (Å²) >= 11 is 5.64. The highest BCUT2D eigenvalue weighted by Crippen LogP contribution is 2.13. The molecule has 158 valence electrons. The molecular weight excluding hydrogens is 338 g/mol. The minimum atomic E-state index is 0.795. The summed E-state index contributed by atoms with van der Waals surface area (Å²) in [5.74, 6) is 0.795. The van der Waals surface area contributed by atoms with Crippen molar-refractivity contribution >= 4 is 11.6 Å². The lowest BCUT2D eigenvalue weighted by Gasteiger charge is -2.02. The van der Waals surface area contributed by atoms with Crippen molar-refractivity contribution in [1.29, 1.82) is 0 Å². The average molecular weight is 388 g/mol. The molecule has 0 aliphatic heterocycles. The second kappa shape index (κ2) is 27.2. The van der Waals surface area contributed by atoms with E-state index in [1.54, 1.807) is 0 Å². The lowest BCUT2D eigenvalue weighted by atomic mass is 10.0. The SMILES string of the molecule is CCCCCCCCCCCCCCCCC=CCCCCl.CN(C)C. The van der Waals surface area contributed by atoms with Crippen LogP contribution in [0.25, 0.3) is 0 Å². The molecule has 0 saturated carbocycles. The van der Waals surface area contributed by atoms with E-state index in [1.165, 1.54) is 96.3 Å². The highest BCUT2D eigenvalue weighted by Gasteiger charge is 1.93. The van der Waals surface area contributed by atoms with Crippen LogP contribution < -0.4 is 0 Å². The Bertz CT molecular complexity index is 248. The zero-order valence-corrected chi connectivity index (χ0v) is 19.5. The first-order valence-corrected chi connectivity index (χ1v) is 12.0. The van der Waals surface area contributed by atoms with Gasteiger partial charge in [-0.25, -0.2) is 0 Å². The molecule has 0 amide bonds. The van der Waals surface area contributed by atoms with E-state index < -0.39 is 0 Å². The Kier molecular flexibility index (Phi) is 29.5. The number of unbranched alkanes of at least 4 members (excludes halogenated alkanes) is 15. The number of hydrogen-bond donors (Lipinski definition) is 0. The Balaban J connectivity index is 0. The van der Waals surface area contributed by atoms with Crippen LogP contribution in [0, 0.1) is 0 Å². The second-order valence-corrected chi connectivity index (χ2v) is 8.41. The van der Waals surface area contributed by atoms with Gasteiger partial charge in [0, 0.05) is 5.88 Å². The van der Waals surface area contributed by atoms with Gasteiger partial charge >= 0.3 is 0 Å². The molecule has 0 aromatic rings. The Morgan fingerprint density at radius 1 is 0.538 bits per heavy atom. The molecule has 0 aliphatic carbocycles. The Morgan fingerprint density at radius 3 is 1.19 bits per heavy atom. The van der Waals surface area contributed by atoms with Gasteiger partial charge in [-0.15, -0.1) is 11.6 Å². The van der Waals surface area contributed by atoms with Gasteiger partial charge < -0.3 is 4.90 Å². The average Bonchev–Trinajstić information content (AvgIpc) is 2.60. The molecule has 0 unspecified atom stereocenters. The van der Waals surface area contributed by atoms with Crippen molar-refractivity contribution in [2.45, 2.75) is 116 Å². The standard InChI is InChI=1S/C21H41Cl.C3H9N/c1-2-3-4-5-6-7-8-9-10-11-12-13-14-15-16-17-18-19-20-21-22;1-4(2)3/h17-18H,2-16,19-21H2,1H3;1-3H3. The fraction of sp³-hybridized carbons (Fsp3) is 0.917. The summed E-state index contributed by atoms with van der Waals surface area (Å²) in [7, 11) is 6.00. The van der Waals surface area contributed by atoms with E-state index in [9.17, 15) is 0 Å². The molecule has 0 bridgehead atoms. The molecule has 0 N–H and O–H groups in total. The number of rotatable bonds is 18. The molecule has 0 fully saturated rings. The summed E-state index contributed by atoms with van der Waals surface area (Å²) in [6.07, 6.45) is 28.4. The summed E-state index contributed by atoms with van der Waals surface area (Å²) in [5, 5.41) is 0. The Labute approximate surface area is 172 Å². The number of alkyl halides is 1. The van der Waals surface area contributed by atoms with Crippen molar-refractivity contribution in [3.8, 4) is 0 Å². The first-order chi connectivity index (χ1) is 12.6. The molecule has 0 aromatic heterocycles. The van der Waals surface area contributed by atoms with Gasteiger partial charge in [0.15, 0.2) is 0 Å². The van der Waals surface area contributed by atoms with E-state index in [1.807, 2.05) is 26.0 Å². The van der Waals surface area contributed by atoms with Crippen LogP contribution in [0.15, 0.2) is 12.2 Å². The third kappa shape index (κ3) is 35.2. The van der Waals surface area contributed by atoms with Gasteiger partial charge in [-0.2, -0.15) is 0 Å². The fourth-order valence-corrected chi connectivity index (χ4v) is 3.04. The molecule has 0 heterocycles. The zero-order valence-electron chi connectivity index (χ0n) is 18.7. The van der Waals surface area contributed by atoms with Crippen LogP contribution in [0.4, 0.5) is 0 Å². The molecule has 0 saturated heterocycles. The number of allylic oxidation sites excluding steroid dienone is 2. The van der Waals surface area contributed by atoms with Gasteiger partial charge in [-0.3, -0.25) is 0 Å². The third-order valence-electron chi connectivity index (χ3n) is 4.40. The van der Waals surface area contributed by atoms with Crippen LogP contribution in [-0.4, -0.2) is 31.9 Å². The maximum absolute atomic E-state index is 5.64. The second-order valence-electron chi connectivity index (χ2n) is 8.03. The molecule has 26 heavy (non-hydrogen) atoms. The molecule has 0 atom stereocenters. The Morgan fingerprint density at radius 2 is 0.846 bits per heavy atom. The number of halogens is 1. The first kappa shape index (κ1) is 28.2. The highest BCUT2D eigenvalue weighted by molar-refractivity contribution is 6.17. The van der Waals surface area contributed by atoms with Crippen molar-refractivity contribution in [3.63, 3.8) is 0 Å². The van der Waals surface area contributed by atoms with Gasteiger partial charge in [0.2, 0.25) is 0 Å². The van der Waals surface area contributed by atoms with Crippen molar-refractivity contribution < 1.29 is 0 Å². The molecular formula is C24H50ClN. The molecule has 0 aromatic carbocycles. The van der Waals surface area contributed by atoms with Crippen LogP contribution in [0.1, 0.15) is 116 Å². The lowest BCUT2D eigenvalue weighted by Crippen LogP contribution is -1.99. The first-order valence-electron chi connectivity index (χ1n) is 11.5. The predicted octanol–water partition coefficient (Wildman–Crippen LogP) is 8.61. The Hall–Kier alpha value is -0.0100. The van der Waals surface area contributed by atoms with Gasteiger partial charge in [-0.05, 0) is 46.8 Å². The van der Waals surface area contributed by atoms with Crippen molar-refractivity contribution in [1.82, 2.24) is 4.90 Å². The maximum atomic E-state index is 5.64. The smallest absolute Gasteiger partial charge is 0.0226 e. The summed E-state index contributed by atoms with van der Waals surface area (Å²) in [6.45, 7) is 2.29. The summed E-state index contributed by atoms with van der Waals surface area (Å²) in [4.78, 5) is 2.00. The van der Waals surface area contributed by atoms with Crippen LogP contribution in [-0.2, 0) is 0 Å². The van der Waals surface area contributed by atoms with Gasteiger partial charge in [-0.1, -0.05) is 103 Å². The summed E-state index contributed by atoms with van der Waals surface area (Å²) in [5.41, 5.74) is 0. The van der Waals surface area contributed by atoms with E-state index in [2.05, 4.69) is 19.1 Å². The molecule has 2 heteroatoms. The normalized spacial score (nSPS) is 11.2. The molecule has 0 radical (unpaired) electrons. The molecule has 0 spiro atoms. The fourth-order valence-electron chi connectivity index (χ4n) is 2.89. The van der Waals surface area contributed by atoms with Gasteiger partial charge in [0.05, 0.1) is 0 Å². The summed E-state index contributed by atoms with van der Waals surface area (Å²) in [6, 6.07) is 0. The van der Waals surface area contributed by atoms with Gasteiger partial charge in [0.1, 0.15) is 0 Å². The monoisotopic (exact) mass is 387 g/mol. The van der Waals surface area contributed by atoms with Crippen LogP contribution in [0.2, 0.25) is 0 Å². The number of hydrogen-bond acceptors (Lipinski definition) is 1. The zero-order chi connectivity index (χ0) is 19.7. The summed E-state index contributed by atoms with van der Waals surface area (Å²) < 4.78 is 0. The molecule has 0 rings (SSSR count). The molecule has 1 nitrogen and oxygen atoms in total. The van der Waals surface area contributed by atoms with E-state index in [0.29, 0.717) is 0 Å². The quantitative estimate of drug-likeness (QED) is 0.129. The third-order valence-corrected chi connectivity index (χ3v) is 4.66. The minimum absolute atomic E-state index is 0.795. The van der Waals surface area contributed by atoms with Crippen molar-refractivity contribution in [3.05, 3.63) is 12.2 Å². The minimum Gasteiger partial charge on any atom is -0.312 e. The topological polar surface area (TPSA) is 3.24 Å². The van der Waals surface area contributed by atoms with E-state index >= 15 is 0 Å².